The maximum atomic E-state index is 14.4. The van der Waals surface area contributed by atoms with Crippen molar-refractivity contribution < 1.29 is 99.1 Å². The summed E-state index contributed by atoms with van der Waals surface area (Å²) in [5, 5.41) is 0. The Morgan fingerprint density at radius 3 is 1.31 bits per heavy atom. The largest absolute Gasteiger partial charge is 0.453 e. The van der Waals surface area contributed by atoms with Crippen molar-refractivity contribution in [3.8, 4) is 11.5 Å². The maximum absolute atomic E-state index is 14.4. The minimum absolute atomic E-state index is 0.182. The fourth-order valence-electron chi connectivity index (χ4n) is 4.67. The fraction of sp³-hybridized carbons (Fsp3) is 0.611. The predicted molar refractivity (Wildman–Crippen MR) is 172 cm³/mol. The molecular formula is C36H39F15O7. The molecule has 0 aliphatic carbocycles. The van der Waals surface area contributed by atoms with Crippen molar-refractivity contribution in [3.05, 3.63) is 58.7 Å². The molecule has 0 amide bonds. The molecule has 0 saturated carbocycles. The summed E-state index contributed by atoms with van der Waals surface area (Å²) >= 11 is 0. The van der Waals surface area contributed by atoms with E-state index in [1.807, 2.05) is 20.8 Å². The average molecular weight is 869 g/mol. The van der Waals surface area contributed by atoms with Crippen molar-refractivity contribution in [2.75, 3.05) is 6.61 Å². The van der Waals surface area contributed by atoms with Gasteiger partial charge in [-0.15, -0.1) is 0 Å². The third-order valence-electron chi connectivity index (χ3n) is 9.36. The van der Waals surface area contributed by atoms with Crippen LogP contribution in [0, 0.1) is 19.3 Å². The van der Waals surface area contributed by atoms with Gasteiger partial charge in [-0.1, -0.05) is 52.0 Å². The first-order valence-corrected chi connectivity index (χ1v) is 16.8. The quantitative estimate of drug-likeness (QED) is 0.0890. The molecule has 0 aliphatic rings. The molecule has 0 aromatic heterocycles. The second kappa shape index (κ2) is 16.3. The van der Waals surface area contributed by atoms with E-state index in [2.05, 4.69) is 9.47 Å². The summed E-state index contributed by atoms with van der Waals surface area (Å²) in [6.07, 6.45) is -44.1. The van der Waals surface area contributed by atoms with Gasteiger partial charge in [-0.3, -0.25) is 4.79 Å². The normalized spacial score (nSPS) is 15.2. The Balaban J connectivity index is 2.25. The molecule has 58 heavy (non-hydrogen) atoms. The Kier molecular flexibility index (Phi) is 14.2. The van der Waals surface area contributed by atoms with E-state index in [0.717, 1.165) is 19.4 Å². The lowest BCUT2D eigenvalue weighted by Gasteiger charge is -2.38. The zero-order chi connectivity index (χ0) is 45.5. The SMILES string of the molecule is CCC(C)(C)C(=O)Oc1ccc(C(C)(C)c2ccc(OC(=O)C(C)(CC)OCC(F)(F)OC(F)(F)C(F)(F)OC(F)(F)C(F)(C(F)(F)F)C(F)(F)F)c(C)c2)cc1C. The Bertz CT molecular complexity index is 1790. The molecule has 0 radical (unpaired) electrons. The van der Waals surface area contributed by atoms with Gasteiger partial charge in [-0.25, -0.2) is 18.7 Å². The molecule has 2 rings (SSSR count). The summed E-state index contributed by atoms with van der Waals surface area (Å²) in [4.78, 5) is 25.6. The van der Waals surface area contributed by atoms with Crippen LogP contribution < -0.4 is 9.47 Å². The molecule has 0 bridgehead atoms. The van der Waals surface area contributed by atoms with Crippen molar-refractivity contribution in [1.29, 1.82) is 0 Å². The third kappa shape index (κ3) is 10.3. The molecule has 1 unspecified atom stereocenters. The van der Waals surface area contributed by atoms with Crippen LogP contribution in [0.2, 0.25) is 0 Å². The van der Waals surface area contributed by atoms with Gasteiger partial charge in [-0.05, 0) is 81.8 Å². The molecule has 330 valence electrons. The minimum Gasteiger partial charge on any atom is -0.426 e. The molecule has 22 heteroatoms. The standard InChI is InChI=1S/C36H39F15O7/c1-10-27(5,6)25(52)55-23-14-12-21(16-19(23)3)28(7,8)22-13-15-24(20(4)17-22)56-26(53)29(9,11-2)54-18-30(37,38)57-35(48,49)36(50,51)58-34(46,47)31(39,32(40,41)42)33(43,44)45/h12-17H,10-11,18H2,1-9H3. The number of aryl methyl sites for hydroxylation is 2. The lowest BCUT2D eigenvalue weighted by atomic mass is 9.77. The van der Waals surface area contributed by atoms with E-state index in [-0.39, 0.29) is 11.3 Å². The minimum atomic E-state index is -8.04. The van der Waals surface area contributed by atoms with E-state index in [1.54, 1.807) is 49.8 Å². The number of carbonyl (C=O) groups excluding carboxylic acids is 2. The summed E-state index contributed by atoms with van der Waals surface area (Å²) in [5.74, 6) is -1.74. The zero-order valence-corrected chi connectivity index (χ0v) is 32.1. The van der Waals surface area contributed by atoms with E-state index < -0.39 is 83.9 Å². The van der Waals surface area contributed by atoms with Crippen LogP contribution in [0.25, 0.3) is 0 Å². The summed E-state index contributed by atoms with van der Waals surface area (Å²) < 4.78 is 221. The topological polar surface area (TPSA) is 80.3 Å². The number of hydrogen-bond donors (Lipinski definition) is 0. The Hall–Kier alpha value is -3.79. The molecule has 2 aromatic carbocycles. The highest BCUT2D eigenvalue weighted by molar-refractivity contribution is 5.81. The summed E-state index contributed by atoms with van der Waals surface area (Å²) in [6.45, 7) is 11.5. The highest BCUT2D eigenvalue weighted by Gasteiger charge is 2.88. The molecule has 0 spiro atoms. The van der Waals surface area contributed by atoms with Crippen molar-refractivity contribution in [2.45, 2.75) is 129 Å². The van der Waals surface area contributed by atoms with Crippen molar-refractivity contribution in [2.24, 2.45) is 5.41 Å². The summed E-state index contributed by atoms with van der Waals surface area (Å²) in [6, 6.07) is 9.58. The highest BCUT2D eigenvalue weighted by Crippen LogP contribution is 2.57. The van der Waals surface area contributed by atoms with Crippen molar-refractivity contribution in [1.82, 2.24) is 0 Å². The summed E-state index contributed by atoms with van der Waals surface area (Å²) in [7, 11) is 0. The molecule has 0 heterocycles. The molecule has 1 atom stereocenters. The number of esters is 2. The van der Waals surface area contributed by atoms with Crippen molar-refractivity contribution in [3.63, 3.8) is 0 Å². The second-order valence-corrected chi connectivity index (χ2v) is 14.5. The van der Waals surface area contributed by atoms with Gasteiger partial charge in [0, 0.05) is 5.41 Å². The average Bonchev–Trinajstić information content (AvgIpc) is 3.06. The van der Waals surface area contributed by atoms with Gasteiger partial charge in [0.2, 0.25) is 0 Å². The lowest BCUT2D eigenvalue weighted by molar-refractivity contribution is -0.545. The van der Waals surface area contributed by atoms with E-state index in [9.17, 15) is 75.4 Å². The van der Waals surface area contributed by atoms with Gasteiger partial charge in [0.25, 0.3) is 0 Å². The Morgan fingerprint density at radius 2 is 0.948 bits per heavy atom. The second-order valence-electron chi connectivity index (χ2n) is 14.5. The van der Waals surface area contributed by atoms with E-state index >= 15 is 0 Å². The monoisotopic (exact) mass is 868 g/mol. The lowest BCUT2D eigenvalue weighted by Crippen LogP contribution is -2.68. The fourth-order valence-corrected chi connectivity index (χ4v) is 4.67. The summed E-state index contributed by atoms with van der Waals surface area (Å²) in [5.41, 5.74) is -9.69. The molecular weight excluding hydrogens is 829 g/mol. The van der Waals surface area contributed by atoms with E-state index in [4.69, 9.17) is 9.47 Å². The van der Waals surface area contributed by atoms with Crippen molar-refractivity contribution >= 4 is 11.9 Å². The van der Waals surface area contributed by atoms with E-state index in [1.165, 1.54) is 19.1 Å². The number of benzene rings is 2. The van der Waals surface area contributed by atoms with Gasteiger partial charge in [-0.2, -0.15) is 61.5 Å². The first-order chi connectivity index (χ1) is 25.8. The number of halogens is 15. The zero-order valence-electron chi connectivity index (χ0n) is 32.1. The number of hydrogen-bond acceptors (Lipinski definition) is 7. The Labute approximate surface area is 322 Å². The maximum Gasteiger partial charge on any atom is 0.453 e. The molecule has 0 N–H and O–H groups in total. The van der Waals surface area contributed by atoms with Gasteiger partial charge in [0.1, 0.15) is 18.1 Å². The molecule has 7 nitrogen and oxygen atoms in total. The van der Waals surface area contributed by atoms with Gasteiger partial charge < -0.3 is 14.2 Å². The predicted octanol–water partition coefficient (Wildman–Crippen LogP) is 11.3. The third-order valence-corrected chi connectivity index (χ3v) is 9.36. The molecule has 0 saturated heterocycles. The van der Waals surface area contributed by atoms with Crippen LogP contribution in [0.3, 0.4) is 0 Å². The van der Waals surface area contributed by atoms with Crippen LogP contribution >= 0.6 is 0 Å². The van der Waals surface area contributed by atoms with Gasteiger partial charge >= 0.3 is 54.4 Å². The van der Waals surface area contributed by atoms with E-state index in [0.29, 0.717) is 23.3 Å². The van der Waals surface area contributed by atoms with Crippen LogP contribution in [0.15, 0.2) is 36.4 Å². The van der Waals surface area contributed by atoms with Gasteiger partial charge in [0.05, 0.1) is 5.41 Å². The smallest absolute Gasteiger partial charge is 0.426 e. The number of ether oxygens (including phenoxy) is 5. The molecule has 0 aliphatic heterocycles. The van der Waals surface area contributed by atoms with Crippen LogP contribution in [0.1, 0.15) is 83.6 Å². The number of alkyl halides is 15. The van der Waals surface area contributed by atoms with Crippen LogP contribution in [-0.2, 0) is 29.2 Å². The van der Waals surface area contributed by atoms with Crippen LogP contribution in [0.4, 0.5) is 65.9 Å². The van der Waals surface area contributed by atoms with Crippen LogP contribution in [-0.4, -0.2) is 66.6 Å². The molecule has 2 aromatic rings. The Morgan fingerprint density at radius 1 is 0.552 bits per heavy atom. The number of carbonyl (C=O) groups is 2. The first kappa shape index (κ1) is 50.4. The number of rotatable bonds is 17. The first-order valence-electron chi connectivity index (χ1n) is 16.8. The molecule has 0 fully saturated rings. The van der Waals surface area contributed by atoms with Crippen LogP contribution in [0.5, 0.6) is 11.5 Å². The highest BCUT2D eigenvalue weighted by atomic mass is 19.4. The van der Waals surface area contributed by atoms with Gasteiger partial charge in [0.15, 0.2) is 5.60 Å².